The van der Waals surface area contributed by atoms with Crippen molar-refractivity contribution in [2.45, 2.75) is 6.54 Å². The van der Waals surface area contributed by atoms with E-state index in [9.17, 15) is 4.79 Å². The highest BCUT2D eigenvalue weighted by Gasteiger charge is 2.02. The lowest BCUT2D eigenvalue weighted by atomic mass is 10.2. The van der Waals surface area contributed by atoms with E-state index in [4.69, 9.17) is 5.73 Å². The van der Waals surface area contributed by atoms with Crippen molar-refractivity contribution in [2.75, 3.05) is 0 Å². The van der Waals surface area contributed by atoms with Gasteiger partial charge in [-0.15, -0.1) is 0 Å². The molecule has 82 valence electrons. The molecule has 0 aliphatic heterocycles. The van der Waals surface area contributed by atoms with E-state index in [0.29, 0.717) is 12.3 Å². The van der Waals surface area contributed by atoms with E-state index in [0.717, 1.165) is 5.56 Å². The molecule has 0 radical (unpaired) electrons. The van der Waals surface area contributed by atoms with Crippen molar-refractivity contribution < 1.29 is 9.53 Å². The number of ether oxygens (including phenoxy) is 1. The van der Waals surface area contributed by atoms with Gasteiger partial charge in [-0.1, -0.05) is 30.3 Å². The molecule has 16 heavy (non-hydrogen) atoms. The number of amides is 1. The summed E-state index contributed by atoms with van der Waals surface area (Å²) < 4.78 is 6.36. The minimum Gasteiger partial charge on any atom is -0.407 e. The summed E-state index contributed by atoms with van der Waals surface area (Å²) in [4.78, 5) is 10.5. The molecule has 1 aromatic carbocycles. The highest BCUT2D eigenvalue weighted by Crippen LogP contribution is 2.09. The van der Waals surface area contributed by atoms with Crippen molar-refractivity contribution in [1.82, 2.24) is 9.78 Å². The zero-order valence-electron chi connectivity index (χ0n) is 8.54. The van der Waals surface area contributed by atoms with E-state index in [2.05, 4.69) is 9.84 Å². The summed E-state index contributed by atoms with van der Waals surface area (Å²) >= 11 is 0. The van der Waals surface area contributed by atoms with Crippen LogP contribution in [0.2, 0.25) is 0 Å². The van der Waals surface area contributed by atoms with Gasteiger partial charge in [-0.2, -0.15) is 5.10 Å². The second-order valence-electron chi connectivity index (χ2n) is 3.28. The molecule has 1 amide bonds. The van der Waals surface area contributed by atoms with Gasteiger partial charge in [0.1, 0.15) is 0 Å². The van der Waals surface area contributed by atoms with Crippen LogP contribution in [0.4, 0.5) is 4.79 Å². The molecule has 0 unspecified atom stereocenters. The molecule has 0 aliphatic rings. The SMILES string of the molecule is NC(=O)Oc1cnn(Cc2ccccc2)c1. The minimum atomic E-state index is -0.834. The van der Waals surface area contributed by atoms with Crippen LogP contribution in [0.25, 0.3) is 0 Å². The zero-order chi connectivity index (χ0) is 11.4. The molecule has 0 bridgehead atoms. The molecule has 5 heteroatoms. The van der Waals surface area contributed by atoms with Gasteiger partial charge in [0.25, 0.3) is 0 Å². The first kappa shape index (κ1) is 10.2. The predicted molar refractivity (Wildman–Crippen MR) is 58.0 cm³/mol. The van der Waals surface area contributed by atoms with E-state index in [1.54, 1.807) is 10.9 Å². The summed E-state index contributed by atoms with van der Waals surface area (Å²) in [6, 6.07) is 9.86. The van der Waals surface area contributed by atoms with E-state index in [-0.39, 0.29) is 0 Å². The van der Waals surface area contributed by atoms with Crippen LogP contribution in [0, 0.1) is 0 Å². The first-order valence-electron chi connectivity index (χ1n) is 4.78. The van der Waals surface area contributed by atoms with Crippen LogP contribution in [-0.2, 0) is 6.54 Å². The fraction of sp³-hybridized carbons (Fsp3) is 0.0909. The molecule has 0 saturated heterocycles. The maximum atomic E-state index is 10.5. The Morgan fingerprint density at radius 2 is 2.12 bits per heavy atom. The van der Waals surface area contributed by atoms with Crippen molar-refractivity contribution in [3.63, 3.8) is 0 Å². The number of hydrogen-bond acceptors (Lipinski definition) is 3. The molecule has 5 nitrogen and oxygen atoms in total. The van der Waals surface area contributed by atoms with Crippen LogP contribution >= 0.6 is 0 Å². The number of hydrogen-bond donors (Lipinski definition) is 1. The van der Waals surface area contributed by atoms with Gasteiger partial charge >= 0.3 is 6.09 Å². The molecule has 1 aromatic heterocycles. The molecule has 2 aromatic rings. The zero-order valence-corrected chi connectivity index (χ0v) is 8.54. The summed E-state index contributed by atoms with van der Waals surface area (Å²) in [5.41, 5.74) is 6.01. The quantitative estimate of drug-likeness (QED) is 0.844. The van der Waals surface area contributed by atoms with Crippen LogP contribution < -0.4 is 10.5 Å². The van der Waals surface area contributed by atoms with Gasteiger partial charge in [0.05, 0.1) is 18.9 Å². The van der Waals surface area contributed by atoms with Gasteiger partial charge in [-0.3, -0.25) is 4.68 Å². The van der Waals surface area contributed by atoms with Crippen molar-refractivity contribution in [1.29, 1.82) is 0 Å². The highest BCUT2D eigenvalue weighted by molar-refractivity contribution is 5.67. The van der Waals surface area contributed by atoms with E-state index < -0.39 is 6.09 Å². The summed E-state index contributed by atoms with van der Waals surface area (Å²) in [5.74, 6) is 0.350. The average Bonchev–Trinajstić information content (AvgIpc) is 2.66. The molecule has 2 N–H and O–H groups in total. The number of rotatable bonds is 3. The number of aromatic nitrogens is 2. The Hall–Kier alpha value is -2.30. The molecule has 0 saturated carbocycles. The normalized spacial score (nSPS) is 10.0. The number of benzene rings is 1. The number of carbonyl (C=O) groups is 1. The number of primary amides is 1. The van der Waals surface area contributed by atoms with Crippen LogP contribution in [-0.4, -0.2) is 15.9 Å². The van der Waals surface area contributed by atoms with Gasteiger partial charge in [0.15, 0.2) is 5.75 Å². The maximum absolute atomic E-state index is 10.5. The Labute approximate surface area is 92.4 Å². The smallest absolute Gasteiger partial charge is 0.407 e. The topological polar surface area (TPSA) is 70.1 Å². The summed E-state index contributed by atoms with van der Waals surface area (Å²) in [5, 5.41) is 4.05. The average molecular weight is 217 g/mol. The fourth-order valence-electron chi connectivity index (χ4n) is 1.37. The minimum absolute atomic E-state index is 0.350. The number of nitrogens with two attached hydrogens (primary N) is 1. The van der Waals surface area contributed by atoms with Crippen molar-refractivity contribution in [3.8, 4) is 5.75 Å². The summed E-state index contributed by atoms with van der Waals surface area (Å²) in [6.07, 6.45) is 2.24. The Morgan fingerprint density at radius 3 is 2.81 bits per heavy atom. The van der Waals surface area contributed by atoms with Crippen molar-refractivity contribution >= 4 is 6.09 Å². The summed E-state index contributed by atoms with van der Waals surface area (Å²) in [6.45, 7) is 0.628. The third kappa shape index (κ3) is 2.60. The molecule has 0 fully saturated rings. The third-order valence-corrected chi connectivity index (χ3v) is 2.02. The fourth-order valence-corrected chi connectivity index (χ4v) is 1.37. The van der Waals surface area contributed by atoms with Gasteiger partial charge in [0.2, 0.25) is 0 Å². The lowest BCUT2D eigenvalue weighted by molar-refractivity contribution is 0.211. The molecule has 0 aliphatic carbocycles. The third-order valence-electron chi connectivity index (χ3n) is 2.02. The predicted octanol–water partition coefficient (Wildman–Crippen LogP) is 1.39. The molecule has 2 rings (SSSR count). The lowest BCUT2D eigenvalue weighted by Crippen LogP contribution is -2.15. The molecular formula is C11H11N3O2. The number of nitrogens with zero attached hydrogens (tertiary/aromatic N) is 2. The van der Waals surface area contributed by atoms with Crippen LogP contribution in [0.5, 0.6) is 5.75 Å². The summed E-state index contributed by atoms with van der Waals surface area (Å²) in [7, 11) is 0. The first-order chi connectivity index (χ1) is 7.74. The largest absolute Gasteiger partial charge is 0.410 e. The Balaban J connectivity index is 2.06. The van der Waals surface area contributed by atoms with Gasteiger partial charge in [-0.25, -0.2) is 4.79 Å². The lowest BCUT2D eigenvalue weighted by Gasteiger charge is -2.00. The van der Waals surface area contributed by atoms with Gasteiger partial charge in [-0.05, 0) is 5.56 Å². The molecule has 1 heterocycles. The standard InChI is InChI=1S/C11H11N3O2/c12-11(15)16-10-6-13-14(8-10)7-9-4-2-1-3-5-9/h1-6,8H,7H2,(H2,12,15). The van der Waals surface area contributed by atoms with Crippen LogP contribution in [0.15, 0.2) is 42.7 Å². The second kappa shape index (κ2) is 4.48. The monoisotopic (exact) mass is 217 g/mol. The molecule has 0 atom stereocenters. The van der Waals surface area contributed by atoms with Crippen molar-refractivity contribution in [2.24, 2.45) is 5.73 Å². The molecule has 0 spiro atoms. The van der Waals surface area contributed by atoms with E-state index in [1.807, 2.05) is 30.3 Å². The second-order valence-corrected chi connectivity index (χ2v) is 3.28. The Morgan fingerprint density at radius 1 is 1.38 bits per heavy atom. The Bertz CT molecular complexity index is 479. The number of carbonyl (C=O) groups excluding carboxylic acids is 1. The highest BCUT2D eigenvalue weighted by atomic mass is 16.5. The van der Waals surface area contributed by atoms with Crippen LogP contribution in [0.1, 0.15) is 5.56 Å². The first-order valence-corrected chi connectivity index (χ1v) is 4.78. The van der Waals surface area contributed by atoms with Crippen molar-refractivity contribution in [3.05, 3.63) is 48.3 Å². The van der Waals surface area contributed by atoms with Gasteiger partial charge < -0.3 is 10.5 Å². The Kier molecular flexibility index (Phi) is 2.86. The van der Waals surface area contributed by atoms with E-state index in [1.165, 1.54) is 6.20 Å². The maximum Gasteiger partial charge on any atom is 0.410 e. The van der Waals surface area contributed by atoms with Gasteiger partial charge in [0, 0.05) is 0 Å². The van der Waals surface area contributed by atoms with Crippen LogP contribution in [0.3, 0.4) is 0 Å². The molecular weight excluding hydrogens is 206 g/mol. The van der Waals surface area contributed by atoms with E-state index >= 15 is 0 Å².